The predicted molar refractivity (Wildman–Crippen MR) is 73.2 cm³/mol. The molecular formula is C14H16F2N2S. The number of benzene rings is 1. The van der Waals surface area contributed by atoms with Crippen molar-refractivity contribution in [1.82, 2.24) is 10.3 Å². The van der Waals surface area contributed by atoms with E-state index >= 15 is 0 Å². The van der Waals surface area contributed by atoms with E-state index in [-0.39, 0.29) is 12.1 Å². The first-order chi connectivity index (χ1) is 8.97. The van der Waals surface area contributed by atoms with E-state index in [0.717, 1.165) is 22.8 Å². The Morgan fingerprint density at radius 1 is 1.21 bits per heavy atom. The van der Waals surface area contributed by atoms with Crippen LogP contribution in [-0.4, -0.2) is 4.98 Å². The van der Waals surface area contributed by atoms with Crippen LogP contribution in [0, 0.1) is 18.6 Å². The van der Waals surface area contributed by atoms with Gasteiger partial charge in [-0.1, -0.05) is 0 Å². The third-order valence-electron chi connectivity index (χ3n) is 2.93. The SMILES string of the molecule is Cc1csc(C(C)NC(C)c2cc(F)ccc2F)n1. The van der Waals surface area contributed by atoms with Gasteiger partial charge in [0.15, 0.2) is 0 Å². The van der Waals surface area contributed by atoms with Crippen LogP contribution in [0.2, 0.25) is 0 Å². The van der Waals surface area contributed by atoms with E-state index in [9.17, 15) is 8.78 Å². The highest BCUT2D eigenvalue weighted by atomic mass is 32.1. The largest absolute Gasteiger partial charge is 0.301 e. The third kappa shape index (κ3) is 3.36. The molecule has 102 valence electrons. The molecule has 1 aromatic carbocycles. The summed E-state index contributed by atoms with van der Waals surface area (Å²) >= 11 is 1.56. The summed E-state index contributed by atoms with van der Waals surface area (Å²) in [6, 6.07) is 3.22. The Kier molecular flexibility index (Phi) is 4.27. The summed E-state index contributed by atoms with van der Waals surface area (Å²) in [5, 5.41) is 6.15. The quantitative estimate of drug-likeness (QED) is 0.911. The molecule has 1 N–H and O–H groups in total. The highest BCUT2D eigenvalue weighted by Crippen LogP contribution is 2.23. The molecule has 2 unspecified atom stereocenters. The Balaban J connectivity index is 2.12. The number of hydrogen-bond acceptors (Lipinski definition) is 3. The summed E-state index contributed by atoms with van der Waals surface area (Å²) in [5.74, 6) is -0.827. The van der Waals surface area contributed by atoms with Crippen molar-refractivity contribution in [1.29, 1.82) is 0 Å². The number of halogens is 2. The van der Waals surface area contributed by atoms with Crippen molar-refractivity contribution in [3.63, 3.8) is 0 Å². The average Bonchev–Trinajstić information content (AvgIpc) is 2.79. The molecule has 0 radical (unpaired) electrons. The van der Waals surface area contributed by atoms with Gasteiger partial charge in [-0.2, -0.15) is 0 Å². The fraction of sp³-hybridized carbons (Fsp3) is 0.357. The molecule has 0 aliphatic heterocycles. The first-order valence-corrected chi connectivity index (χ1v) is 6.98. The van der Waals surface area contributed by atoms with E-state index in [1.807, 2.05) is 26.2 Å². The number of rotatable bonds is 4. The molecule has 2 nitrogen and oxygen atoms in total. The second kappa shape index (κ2) is 5.75. The molecule has 0 aliphatic rings. The van der Waals surface area contributed by atoms with Crippen LogP contribution >= 0.6 is 11.3 Å². The van der Waals surface area contributed by atoms with Crippen LogP contribution in [0.3, 0.4) is 0 Å². The van der Waals surface area contributed by atoms with Gasteiger partial charge < -0.3 is 5.32 Å². The monoisotopic (exact) mass is 282 g/mol. The van der Waals surface area contributed by atoms with Crippen LogP contribution in [0.4, 0.5) is 8.78 Å². The summed E-state index contributed by atoms with van der Waals surface area (Å²) in [6.07, 6.45) is 0. The molecule has 2 rings (SSSR count). The van der Waals surface area contributed by atoms with E-state index in [0.29, 0.717) is 5.56 Å². The van der Waals surface area contributed by atoms with Crippen LogP contribution < -0.4 is 5.32 Å². The second-order valence-corrected chi connectivity index (χ2v) is 5.49. The molecule has 0 saturated carbocycles. The third-order valence-corrected chi connectivity index (χ3v) is 4.08. The van der Waals surface area contributed by atoms with Gasteiger partial charge in [0.1, 0.15) is 16.6 Å². The molecule has 0 aliphatic carbocycles. The zero-order valence-corrected chi connectivity index (χ0v) is 11.9. The Bertz CT molecular complexity index is 568. The number of hydrogen-bond donors (Lipinski definition) is 1. The van der Waals surface area contributed by atoms with Crippen LogP contribution in [0.5, 0.6) is 0 Å². The van der Waals surface area contributed by atoms with Gasteiger partial charge in [-0.15, -0.1) is 11.3 Å². The van der Waals surface area contributed by atoms with Gasteiger partial charge in [-0.25, -0.2) is 13.8 Å². The minimum absolute atomic E-state index is 0.00336. The zero-order valence-electron chi connectivity index (χ0n) is 11.1. The lowest BCUT2D eigenvalue weighted by Gasteiger charge is -2.19. The molecule has 2 aromatic rings. The van der Waals surface area contributed by atoms with Crippen molar-refractivity contribution in [2.75, 3.05) is 0 Å². The standard InChI is InChI=1S/C14H16F2N2S/c1-8-7-19-14(17-8)10(3)18-9(2)12-6-11(15)4-5-13(12)16/h4-7,9-10,18H,1-3H3. The lowest BCUT2D eigenvalue weighted by atomic mass is 10.1. The molecule has 0 fully saturated rings. The highest BCUT2D eigenvalue weighted by molar-refractivity contribution is 7.09. The van der Waals surface area contributed by atoms with Gasteiger partial charge in [-0.05, 0) is 39.0 Å². The van der Waals surface area contributed by atoms with E-state index in [1.54, 1.807) is 11.3 Å². The Morgan fingerprint density at radius 2 is 1.95 bits per heavy atom. The maximum atomic E-state index is 13.7. The van der Waals surface area contributed by atoms with Crippen LogP contribution in [-0.2, 0) is 0 Å². The van der Waals surface area contributed by atoms with Crippen LogP contribution in [0.1, 0.15) is 42.2 Å². The van der Waals surface area contributed by atoms with Crippen molar-refractivity contribution in [3.05, 3.63) is 51.5 Å². The molecule has 1 heterocycles. The van der Waals surface area contributed by atoms with E-state index in [4.69, 9.17) is 0 Å². The first-order valence-electron chi connectivity index (χ1n) is 6.10. The molecule has 1 aromatic heterocycles. The van der Waals surface area contributed by atoms with Crippen molar-refractivity contribution >= 4 is 11.3 Å². The predicted octanol–water partition coefficient (Wildman–Crippen LogP) is 4.14. The van der Waals surface area contributed by atoms with Crippen molar-refractivity contribution in [3.8, 4) is 0 Å². The average molecular weight is 282 g/mol. The van der Waals surface area contributed by atoms with Gasteiger partial charge in [-0.3, -0.25) is 0 Å². The molecular weight excluding hydrogens is 266 g/mol. The van der Waals surface area contributed by atoms with Crippen molar-refractivity contribution < 1.29 is 8.78 Å². The summed E-state index contributed by atoms with van der Waals surface area (Å²) in [5.41, 5.74) is 1.30. The van der Waals surface area contributed by atoms with Gasteiger partial charge in [0.25, 0.3) is 0 Å². The maximum Gasteiger partial charge on any atom is 0.128 e. The summed E-state index contributed by atoms with van der Waals surface area (Å²) in [6.45, 7) is 5.71. The lowest BCUT2D eigenvalue weighted by Crippen LogP contribution is -2.23. The number of nitrogens with zero attached hydrogens (tertiary/aromatic N) is 1. The lowest BCUT2D eigenvalue weighted by molar-refractivity contribution is 0.468. The Hall–Kier alpha value is -1.33. The van der Waals surface area contributed by atoms with Crippen LogP contribution in [0.25, 0.3) is 0 Å². The fourth-order valence-electron chi connectivity index (χ4n) is 1.95. The summed E-state index contributed by atoms with van der Waals surface area (Å²) in [7, 11) is 0. The number of aryl methyl sites for hydroxylation is 1. The normalized spacial score (nSPS) is 14.4. The zero-order chi connectivity index (χ0) is 14.0. The van der Waals surface area contributed by atoms with Gasteiger partial charge in [0.2, 0.25) is 0 Å². The van der Waals surface area contributed by atoms with Crippen molar-refractivity contribution in [2.24, 2.45) is 0 Å². The van der Waals surface area contributed by atoms with Crippen LogP contribution in [0.15, 0.2) is 23.6 Å². The van der Waals surface area contributed by atoms with E-state index in [1.165, 1.54) is 6.07 Å². The Morgan fingerprint density at radius 3 is 2.58 bits per heavy atom. The number of nitrogens with one attached hydrogen (secondary N) is 1. The molecule has 19 heavy (non-hydrogen) atoms. The number of thiazole rings is 1. The first kappa shape index (κ1) is 14.1. The summed E-state index contributed by atoms with van der Waals surface area (Å²) < 4.78 is 26.8. The number of aromatic nitrogens is 1. The van der Waals surface area contributed by atoms with E-state index in [2.05, 4.69) is 10.3 Å². The smallest absolute Gasteiger partial charge is 0.128 e. The molecule has 0 saturated heterocycles. The minimum atomic E-state index is -0.428. The topological polar surface area (TPSA) is 24.9 Å². The molecule has 5 heteroatoms. The molecule has 0 spiro atoms. The van der Waals surface area contributed by atoms with Gasteiger partial charge in [0, 0.05) is 22.7 Å². The van der Waals surface area contributed by atoms with Gasteiger partial charge >= 0.3 is 0 Å². The highest BCUT2D eigenvalue weighted by Gasteiger charge is 2.16. The van der Waals surface area contributed by atoms with E-state index < -0.39 is 11.6 Å². The fourth-order valence-corrected chi connectivity index (χ4v) is 2.77. The Labute approximate surface area is 115 Å². The molecule has 0 bridgehead atoms. The maximum absolute atomic E-state index is 13.7. The minimum Gasteiger partial charge on any atom is -0.301 e. The molecule has 2 atom stereocenters. The second-order valence-electron chi connectivity index (χ2n) is 4.60. The summed E-state index contributed by atoms with van der Waals surface area (Å²) in [4.78, 5) is 4.39. The van der Waals surface area contributed by atoms with Crippen molar-refractivity contribution in [2.45, 2.75) is 32.9 Å². The van der Waals surface area contributed by atoms with Gasteiger partial charge in [0.05, 0.1) is 6.04 Å². The molecule has 0 amide bonds.